The van der Waals surface area contributed by atoms with E-state index in [1.165, 1.54) is 30.6 Å². The summed E-state index contributed by atoms with van der Waals surface area (Å²) in [6.07, 6.45) is 6.04. The van der Waals surface area contributed by atoms with Crippen LogP contribution in [0.25, 0.3) is 11.0 Å². The highest BCUT2D eigenvalue weighted by Gasteiger charge is 2.36. The van der Waals surface area contributed by atoms with E-state index < -0.39 is 0 Å². The van der Waals surface area contributed by atoms with Crippen molar-refractivity contribution in [2.75, 3.05) is 5.73 Å². The normalized spacial score (nSPS) is 17.9. The summed E-state index contributed by atoms with van der Waals surface area (Å²) in [6.45, 7) is 4.56. The van der Waals surface area contributed by atoms with Crippen LogP contribution in [0, 0.1) is 0 Å². The van der Waals surface area contributed by atoms with Crippen LogP contribution in [0.2, 0.25) is 0 Å². The van der Waals surface area contributed by atoms with E-state index in [0.717, 1.165) is 24.0 Å². The van der Waals surface area contributed by atoms with E-state index in [-0.39, 0.29) is 5.54 Å². The van der Waals surface area contributed by atoms with E-state index in [1.54, 1.807) is 0 Å². The van der Waals surface area contributed by atoms with Gasteiger partial charge in [0.2, 0.25) is 0 Å². The number of imidazole rings is 1. The third-order valence-electron chi connectivity index (χ3n) is 4.19. The predicted molar refractivity (Wildman–Crippen MR) is 75.6 cm³/mol. The van der Waals surface area contributed by atoms with Gasteiger partial charge in [-0.15, -0.1) is 0 Å². The summed E-state index contributed by atoms with van der Waals surface area (Å²) in [5.74, 6) is 1.22. The number of fused-ring (bicyclic) bond motifs is 1. The van der Waals surface area contributed by atoms with Crippen molar-refractivity contribution in [1.29, 1.82) is 0 Å². The maximum absolute atomic E-state index is 5.86. The molecular weight excluding hydrogens is 222 g/mol. The molecule has 1 saturated carbocycles. The zero-order valence-electron chi connectivity index (χ0n) is 11.2. The van der Waals surface area contributed by atoms with Crippen LogP contribution < -0.4 is 5.73 Å². The molecule has 1 heterocycles. The maximum atomic E-state index is 5.86. The fourth-order valence-corrected chi connectivity index (χ4v) is 3.05. The van der Waals surface area contributed by atoms with Crippen molar-refractivity contribution in [3.63, 3.8) is 0 Å². The summed E-state index contributed by atoms with van der Waals surface area (Å²) < 4.78 is 2.47. The number of aryl methyl sites for hydroxylation is 1. The largest absolute Gasteiger partial charge is 0.399 e. The van der Waals surface area contributed by atoms with Gasteiger partial charge in [0.1, 0.15) is 5.82 Å². The molecule has 18 heavy (non-hydrogen) atoms. The van der Waals surface area contributed by atoms with Crippen molar-refractivity contribution in [1.82, 2.24) is 9.55 Å². The molecule has 0 atom stereocenters. The second-order valence-corrected chi connectivity index (χ2v) is 5.71. The molecule has 0 unspecified atom stereocenters. The first kappa shape index (κ1) is 11.6. The van der Waals surface area contributed by atoms with Crippen LogP contribution in [0.4, 0.5) is 5.69 Å². The Bertz CT molecular complexity index is 579. The van der Waals surface area contributed by atoms with Gasteiger partial charge in [0.05, 0.1) is 11.0 Å². The van der Waals surface area contributed by atoms with Crippen molar-refractivity contribution < 1.29 is 0 Å². The first-order chi connectivity index (χ1) is 8.64. The van der Waals surface area contributed by atoms with Crippen molar-refractivity contribution in [2.24, 2.45) is 0 Å². The molecule has 0 spiro atoms. The lowest BCUT2D eigenvalue weighted by molar-refractivity contribution is 0.169. The van der Waals surface area contributed by atoms with Gasteiger partial charge in [-0.1, -0.05) is 6.92 Å². The van der Waals surface area contributed by atoms with Gasteiger partial charge in [0, 0.05) is 17.6 Å². The number of benzene rings is 1. The molecule has 0 aliphatic heterocycles. The number of hydrogen-bond donors (Lipinski definition) is 1. The van der Waals surface area contributed by atoms with Gasteiger partial charge in [-0.25, -0.2) is 4.98 Å². The van der Waals surface area contributed by atoms with Crippen LogP contribution >= 0.6 is 0 Å². The van der Waals surface area contributed by atoms with Crippen molar-refractivity contribution in [3.8, 4) is 0 Å². The van der Waals surface area contributed by atoms with Gasteiger partial charge in [-0.3, -0.25) is 0 Å². The molecule has 0 amide bonds. The molecule has 2 aromatic rings. The highest BCUT2D eigenvalue weighted by atomic mass is 15.1. The Labute approximate surface area is 108 Å². The van der Waals surface area contributed by atoms with Crippen LogP contribution in [0.15, 0.2) is 18.2 Å². The van der Waals surface area contributed by atoms with Crippen molar-refractivity contribution >= 4 is 16.7 Å². The topological polar surface area (TPSA) is 43.8 Å². The summed E-state index contributed by atoms with van der Waals surface area (Å²) in [6, 6.07) is 6.10. The molecule has 1 aliphatic carbocycles. The van der Waals surface area contributed by atoms with Gasteiger partial charge >= 0.3 is 0 Å². The van der Waals surface area contributed by atoms with Crippen LogP contribution in [0.3, 0.4) is 0 Å². The molecule has 1 fully saturated rings. The van der Waals surface area contributed by atoms with Crippen LogP contribution in [-0.2, 0) is 12.0 Å². The molecule has 2 N–H and O–H groups in total. The third kappa shape index (κ3) is 1.61. The lowest BCUT2D eigenvalue weighted by Gasteiger charge is -2.41. The van der Waals surface area contributed by atoms with Crippen molar-refractivity contribution in [2.45, 2.75) is 51.5 Å². The molecule has 1 aliphatic rings. The third-order valence-corrected chi connectivity index (χ3v) is 4.19. The minimum Gasteiger partial charge on any atom is -0.399 e. The molecule has 3 nitrogen and oxygen atoms in total. The van der Waals surface area contributed by atoms with E-state index in [2.05, 4.69) is 24.5 Å². The molecule has 3 heteroatoms. The number of rotatable bonds is 3. The number of hydrogen-bond acceptors (Lipinski definition) is 2. The molecule has 96 valence electrons. The lowest BCUT2D eigenvalue weighted by Crippen LogP contribution is -2.38. The second kappa shape index (κ2) is 4.01. The summed E-state index contributed by atoms with van der Waals surface area (Å²) in [5, 5.41) is 0. The number of aromatic nitrogens is 2. The minimum absolute atomic E-state index is 0.273. The monoisotopic (exact) mass is 243 g/mol. The average molecular weight is 243 g/mol. The summed E-state index contributed by atoms with van der Waals surface area (Å²) in [5.41, 5.74) is 9.23. The van der Waals surface area contributed by atoms with E-state index in [9.17, 15) is 0 Å². The standard InChI is InChI=1S/C15H21N3/c1-3-5-14-17-12-10-11(16)6-7-13(12)18(14)15(2)8-4-9-15/h6-7,10H,3-5,8-9,16H2,1-2H3. The first-order valence-electron chi connectivity index (χ1n) is 6.91. The molecule has 0 radical (unpaired) electrons. The molecule has 1 aromatic heterocycles. The van der Waals surface area contributed by atoms with Crippen LogP contribution in [0.1, 0.15) is 45.4 Å². The Morgan fingerprint density at radius 1 is 1.39 bits per heavy atom. The van der Waals surface area contributed by atoms with Gasteiger partial charge in [-0.05, 0) is 50.8 Å². The molecule has 0 bridgehead atoms. The van der Waals surface area contributed by atoms with E-state index >= 15 is 0 Å². The van der Waals surface area contributed by atoms with Crippen LogP contribution in [0.5, 0.6) is 0 Å². The Hall–Kier alpha value is -1.51. The molecule has 0 saturated heterocycles. The highest BCUT2D eigenvalue weighted by molar-refractivity contribution is 5.80. The second-order valence-electron chi connectivity index (χ2n) is 5.71. The summed E-state index contributed by atoms with van der Waals surface area (Å²) in [4.78, 5) is 4.79. The average Bonchev–Trinajstić information content (AvgIpc) is 2.64. The quantitative estimate of drug-likeness (QED) is 0.839. The van der Waals surface area contributed by atoms with Gasteiger partial charge in [0.25, 0.3) is 0 Å². The highest BCUT2D eigenvalue weighted by Crippen LogP contribution is 2.42. The van der Waals surface area contributed by atoms with E-state index in [4.69, 9.17) is 10.7 Å². The fourth-order valence-electron chi connectivity index (χ4n) is 3.05. The predicted octanol–water partition coefficient (Wildman–Crippen LogP) is 3.47. The zero-order chi connectivity index (χ0) is 12.8. The fraction of sp³-hybridized carbons (Fsp3) is 0.533. The molecule has 3 rings (SSSR count). The van der Waals surface area contributed by atoms with Gasteiger partial charge in [0.15, 0.2) is 0 Å². The molecule has 1 aromatic carbocycles. The summed E-state index contributed by atoms with van der Waals surface area (Å²) >= 11 is 0. The number of nitrogens with two attached hydrogens (primary N) is 1. The molecular formula is C15H21N3. The maximum Gasteiger partial charge on any atom is 0.110 e. The van der Waals surface area contributed by atoms with Gasteiger partial charge in [-0.2, -0.15) is 0 Å². The number of nitrogen functional groups attached to an aromatic ring is 1. The number of anilines is 1. The van der Waals surface area contributed by atoms with E-state index in [0.29, 0.717) is 0 Å². The Morgan fingerprint density at radius 3 is 2.78 bits per heavy atom. The smallest absolute Gasteiger partial charge is 0.110 e. The minimum atomic E-state index is 0.273. The zero-order valence-corrected chi connectivity index (χ0v) is 11.2. The Kier molecular flexibility index (Phi) is 2.58. The van der Waals surface area contributed by atoms with Gasteiger partial charge < -0.3 is 10.3 Å². The number of nitrogens with zero attached hydrogens (tertiary/aromatic N) is 2. The SMILES string of the molecule is CCCc1nc2cc(N)ccc2n1C1(C)CCC1. The van der Waals surface area contributed by atoms with E-state index in [1.807, 2.05) is 12.1 Å². The Morgan fingerprint density at radius 2 is 2.17 bits per heavy atom. The Balaban J connectivity index is 2.21. The van der Waals surface area contributed by atoms with Crippen molar-refractivity contribution in [3.05, 3.63) is 24.0 Å². The summed E-state index contributed by atoms with van der Waals surface area (Å²) in [7, 11) is 0. The first-order valence-corrected chi connectivity index (χ1v) is 6.91. The van der Waals surface area contributed by atoms with Crippen LogP contribution in [-0.4, -0.2) is 9.55 Å². The lowest BCUT2D eigenvalue weighted by atomic mass is 9.78.